The lowest BCUT2D eigenvalue weighted by atomic mass is 10.0. The highest BCUT2D eigenvalue weighted by Crippen LogP contribution is 2.29. The first-order valence-electron chi connectivity index (χ1n) is 5.97. The Bertz CT molecular complexity index is 706. The predicted molar refractivity (Wildman–Crippen MR) is 80.5 cm³/mol. The fourth-order valence-corrected chi connectivity index (χ4v) is 2.02. The van der Waals surface area contributed by atoms with Crippen molar-refractivity contribution in [2.45, 2.75) is 0 Å². The fourth-order valence-electron chi connectivity index (χ4n) is 2.02. The molecular formula is C15H15N3O2. The summed E-state index contributed by atoms with van der Waals surface area (Å²) < 4.78 is 5.32. The molecule has 0 aliphatic rings. The van der Waals surface area contributed by atoms with E-state index in [1.807, 2.05) is 30.3 Å². The van der Waals surface area contributed by atoms with Crippen LogP contribution in [0.15, 0.2) is 41.5 Å². The molecule has 0 heterocycles. The van der Waals surface area contributed by atoms with Gasteiger partial charge in [0.05, 0.1) is 13.3 Å². The number of amides is 1. The van der Waals surface area contributed by atoms with Crippen molar-refractivity contribution in [3.05, 3.63) is 47.5 Å². The predicted octanol–water partition coefficient (Wildman–Crippen LogP) is 1.64. The third-order valence-electron chi connectivity index (χ3n) is 2.91. The Kier molecular flexibility index (Phi) is 4.00. The molecule has 5 heteroatoms. The van der Waals surface area contributed by atoms with E-state index >= 15 is 0 Å². The summed E-state index contributed by atoms with van der Waals surface area (Å²) in [6.45, 7) is 0. The van der Waals surface area contributed by atoms with E-state index in [9.17, 15) is 4.79 Å². The molecule has 0 atom stereocenters. The normalized spacial score (nSPS) is 11.4. The van der Waals surface area contributed by atoms with Gasteiger partial charge in [-0.1, -0.05) is 18.2 Å². The van der Waals surface area contributed by atoms with E-state index in [1.54, 1.807) is 19.4 Å². The van der Waals surface area contributed by atoms with Crippen LogP contribution in [0.4, 0.5) is 0 Å². The lowest BCUT2D eigenvalue weighted by molar-refractivity contribution is -0.113. The van der Waals surface area contributed by atoms with E-state index in [0.29, 0.717) is 5.75 Å². The van der Waals surface area contributed by atoms with Crippen LogP contribution in [0.3, 0.4) is 0 Å². The molecule has 0 aliphatic heterocycles. The summed E-state index contributed by atoms with van der Waals surface area (Å²) in [5.41, 5.74) is 6.80. The van der Waals surface area contributed by atoms with Crippen molar-refractivity contribution in [3.8, 4) is 5.75 Å². The molecule has 0 unspecified atom stereocenters. The Labute approximate surface area is 116 Å². The summed E-state index contributed by atoms with van der Waals surface area (Å²) in [5.74, 6) is 5.32. The minimum Gasteiger partial charge on any atom is -0.496 e. The number of nitrogens with two attached hydrogens (primary N) is 2. The average Bonchev–Trinajstić information content (AvgIpc) is 2.44. The minimum absolute atomic E-state index is 0.510. The number of primary amides is 1. The topological polar surface area (TPSA) is 90.7 Å². The summed E-state index contributed by atoms with van der Waals surface area (Å²) in [6, 6.07) is 9.58. The molecule has 2 aromatic rings. The number of benzene rings is 2. The summed E-state index contributed by atoms with van der Waals surface area (Å²) >= 11 is 0. The van der Waals surface area contributed by atoms with Gasteiger partial charge in [-0.2, -0.15) is 5.10 Å². The van der Waals surface area contributed by atoms with Crippen molar-refractivity contribution >= 4 is 29.0 Å². The summed E-state index contributed by atoms with van der Waals surface area (Å²) in [4.78, 5) is 10.9. The van der Waals surface area contributed by atoms with Gasteiger partial charge in [-0.15, -0.1) is 0 Å². The Balaban J connectivity index is 2.70. The van der Waals surface area contributed by atoms with E-state index < -0.39 is 5.91 Å². The molecule has 0 spiro atoms. The largest absolute Gasteiger partial charge is 0.496 e. The molecule has 5 nitrogen and oxygen atoms in total. The first-order valence-corrected chi connectivity index (χ1v) is 5.97. The molecule has 0 saturated heterocycles. The van der Waals surface area contributed by atoms with Gasteiger partial charge < -0.3 is 16.3 Å². The van der Waals surface area contributed by atoms with Crippen molar-refractivity contribution in [2.75, 3.05) is 7.11 Å². The first kappa shape index (κ1) is 13.6. The van der Waals surface area contributed by atoms with Crippen LogP contribution in [0, 0.1) is 0 Å². The number of carbonyl (C=O) groups is 1. The lowest BCUT2D eigenvalue weighted by Gasteiger charge is -2.09. The lowest BCUT2D eigenvalue weighted by Crippen LogP contribution is -2.05. The maximum atomic E-state index is 10.9. The molecule has 0 aliphatic carbocycles. The monoisotopic (exact) mass is 269 g/mol. The number of carbonyl (C=O) groups excluding carboxylic acids is 1. The molecule has 2 aromatic carbocycles. The van der Waals surface area contributed by atoms with E-state index in [4.69, 9.17) is 16.3 Å². The van der Waals surface area contributed by atoms with Gasteiger partial charge in [0.1, 0.15) is 5.75 Å². The smallest absolute Gasteiger partial charge is 0.241 e. The second kappa shape index (κ2) is 5.88. The molecule has 0 bridgehead atoms. The molecule has 102 valence electrons. The molecule has 1 amide bonds. The van der Waals surface area contributed by atoms with Crippen LogP contribution < -0.4 is 16.3 Å². The van der Waals surface area contributed by atoms with E-state index in [-0.39, 0.29) is 0 Å². The van der Waals surface area contributed by atoms with Crippen molar-refractivity contribution in [1.29, 1.82) is 0 Å². The second-order valence-corrected chi connectivity index (χ2v) is 4.18. The van der Waals surface area contributed by atoms with Crippen LogP contribution >= 0.6 is 0 Å². The van der Waals surface area contributed by atoms with Crippen molar-refractivity contribution < 1.29 is 9.53 Å². The first-order chi connectivity index (χ1) is 9.65. The summed E-state index contributed by atoms with van der Waals surface area (Å²) in [5, 5.41) is 5.46. The van der Waals surface area contributed by atoms with Crippen LogP contribution in [0.25, 0.3) is 16.8 Å². The zero-order chi connectivity index (χ0) is 14.5. The summed E-state index contributed by atoms with van der Waals surface area (Å²) in [7, 11) is 1.58. The van der Waals surface area contributed by atoms with Gasteiger partial charge >= 0.3 is 0 Å². The standard InChI is InChI=1S/C15H15N3O2/c1-20-14-6-4-11-3-2-10(9-18-17)8-13(11)12(14)5-7-15(16)19/h2-9H,17H2,1H3,(H2,16,19). The highest BCUT2D eigenvalue weighted by molar-refractivity contribution is 5.99. The van der Waals surface area contributed by atoms with Crippen LogP contribution in [0.1, 0.15) is 11.1 Å². The third-order valence-corrected chi connectivity index (χ3v) is 2.91. The number of nitrogens with zero attached hydrogens (tertiary/aromatic N) is 1. The molecule has 0 radical (unpaired) electrons. The summed E-state index contributed by atoms with van der Waals surface area (Å²) in [6.07, 6.45) is 4.51. The van der Waals surface area contributed by atoms with E-state index in [2.05, 4.69) is 5.10 Å². The van der Waals surface area contributed by atoms with Gasteiger partial charge in [0.15, 0.2) is 0 Å². The fraction of sp³-hybridized carbons (Fsp3) is 0.0667. The van der Waals surface area contributed by atoms with Crippen molar-refractivity contribution in [3.63, 3.8) is 0 Å². The zero-order valence-corrected chi connectivity index (χ0v) is 11.0. The number of rotatable bonds is 4. The van der Waals surface area contributed by atoms with Crippen LogP contribution in [0.2, 0.25) is 0 Å². The molecule has 0 aromatic heterocycles. The Hall–Kier alpha value is -2.82. The Morgan fingerprint density at radius 1 is 1.30 bits per heavy atom. The number of ether oxygens (including phenoxy) is 1. The van der Waals surface area contributed by atoms with Gasteiger partial charge in [0.2, 0.25) is 5.91 Å². The maximum Gasteiger partial charge on any atom is 0.241 e. The molecule has 2 rings (SSSR count). The highest BCUT2D eigenvalue weighted by Gasteiger charge is 2.06. The third kappa shape index (κ3) is 2.77. The minimum atomic E-state index is -0.510. The Morgan fingerprint density at radius 2 is 2.05 bits per heavy atom. The SMILES string of the molecule is COc1ccc2ccc(C=NN)cc2c1C=CC(N)=O. The van der Waals surface area contributed by atoms with Crippen molar-refractivity contribution in [1.82, 2.24) is 0 Å². The number of hydrazone groups is 1. The van der Waals surface area contributed by atoms with Crippen LogP contribution in [-0.4, -0.2) is 19.2 Å². The average molecular weight is 269 g/mol. The quantitative estimate of drug-likeness (QED) is 0.382. The van der Waals surface area contributed by atoms with Gasteiger partial charge in [0, 0.05) is 11.6 Å². The van der Waals surface area contributed by atoms with Crippen LogP contribution in [0.5, 0.6) is 5.75 Å². The number of hydrogen-bond acceptors (Lipinski definition) is 4. The van der Waals surface area contributed by atoms with Gasteiger partial charge in [-0.05, 0) is 34.5 Å². The second-order valence-electron chi connectivity index (χ2n) is 4.18. The van der Waals surface area contributed by atoms with E-state index in [0.717, 1.165) is 21.9 Å². The van der Waals surface area contributed by atoms with Crippen LogP contribution in [-0.2, 0) is 4.79 Å². The molecule has 4 N–H and O–H groups in total. The molecule has 0 fully saturated rings. The van der Waals surface area contributed by atoms with Gasteiger partial charge in [-0.25, -0.2) is 0 Å². The van der Waals surface area contributed by atoms with Gasteiger partial charge in [-0.3, -0.25) is 4.79 Å². The zero-order valence-electron chi connectivity index (χ0n) is 11.0. The van der Waals surface area contributed by atoms with Crippen molar-refractivity contribution in [2.24, 2.45) is 16.7 Å². The maximum absolute atomic E-state index is 10.9. The van der Waals surface area contributed by atoms with E-state index in [1.165, 1.54) is 6.08 Å². The molecular weight excluding hydrogens is 254 g/mol. The highest BCUT2D eigenvalue weighted by atomic mass is 16.5. The Morgan fingerprint density at radius 3 is 2.70 bits per heavy atom. The number of hydrogen-bond donors (Lipinski definition) is 2. The molecule has 0 saturated carbocycles. The number of fused-ring (bicyclic) bond motifs is 1. The number of methoxy groups -OCH3 is 1. The van der Waals surface area contributed by atoms with Gasteiger partial charge in [0.25, 0.3) is 0 Å². The molecule has 20 heavy (non-hydrogen) atoms.